The van der Waals surface area contributed by atoms with Crippen molar-refractivity contribution < 1.29 is 4.92 Å². The van der Waals surface area contributed by atoms with Crippen molar-refractivity contribution in [1.29, 1.82) is 0 Å². The molecule has 0 aliphatic rings. The van der Waals surface area contributed by atoms with Crippen molar-refractivity contribution in [3.63, 3.8) is 0 Å². The number of halogens is 1. The predicted octanol–water partition coefficient (Wildman–Crippen LogP) is 1.83. The summed E-state index contributed by atoms with van der Waals surface area (Å²) in [5.74, 6) is 0. The van der Waals surface area contributed by atoms with E-state index in [1.165, 1.54) is 10.7 Å². The molecule has 2 aromatic rings. The lowest BCUT2D eigenvalue weighted by atomic mass is 10.2. The lowest BCUT2D eigenvalue weighted by Gasteiger charge is -2.02. The van der Waals surface area contributed by atoms with E-state index in [1.807, 2.05) is 0 Å². The molecule has 0 spiro atoms. The third kappa shape index (κ3) is 3.15. The van der Waals surface area contributed by atoms with Gasteiger partial charge in [-0.25, -0.2) is 4.68 Å². The Labute approximate surface area is 117 Å². The van der Waals surface area contributed by atoms with Crippen LogP contribution in [0.25, 0.3) is 5.69 Å². The van der Waals surface area contributed by atoms with Gasteiger partial charge in [0, 0.05) is 10.5 Å². The summed E-state index contributed by atoms with van der Waals surface area (Å²) in [7, 11) is 0. The average molecular weight is 326 g/mol. The lowest BCUT2D eigenvalue weighted by Crippen LogP contribution is -2.01. The smallest absolute Gasteiger partial charge is 0.296 e. The molecule has 0 atom stereocenters. The number of rotatable bonds is 5. The molecule has 0 saturated carbocycles. The molecule has 0 aliphatic heterocycles. The number of nitro benzene ring substituents is 1. The summed E-state index contributed by atoms with van der Waals surface area (Å²) in [6.07, 6.45) is 3.20. The van der Waals surface area contributed by atoms with Crippen LogP contribution in [0, 0.1) is 10.1 Å². The zero-order valence-electron chi connectivity index (χ0n) is 9.99. The molecule has 7 nitrogen and oxygen atoms in total. The van der Waals surface area contributed by atoms with Gasteiger partial charge in [-0.3, -0.25) is 10.1 Å². The third-order valence-corrected chi connectivity index (χ3v) is 3.05. The fraction of sp³-hybridized carbons (Fsp3) is 0.273. The molecule has 100 valence electrons. The molecule has 1 aromatic carbocycles. The van der Waals surface area contributed by atoms with Gasteiger partial charge < -0.3 is 5.73 Å². The molecule has 2 N–H and O–H groups in total. The Morgan fingerprint density at radius 1 is 1.47 bits per heavy atom. The standard InChI is InChI=1S/C11H12BrN5O2/c12-8-3-4-10(11(6-8)17(18)19)16-7-9(14-15-16)2-1-5-13/h3-4,6-7H,1-2,5,13H2. The maximum absolute atomic E-state index is 11.0. The molecule has 0 amide bonds. The van der Waals surface area contributed by atoms with Crippen molar-refractivity contribution in [2.45, 2.75) is 12.8 Å². The Hall–Kier alpha value is -1.80. The highest BCUT2D eigenvalue weighted by Gasteiger charge is 2.17. The van der Waals surface area contributed by atoms with Crippen molar-refractivity contribution in [3.05, 3.63) is 44.7 Å². The Balaban J connectivity index is 2.36. The van der Waals surface area contributed by atoms with Gasteiger partial charge in [-0.2, -0.15) is 0 Å². The van der Waals surface area contributed by atoms with Gasteiger partial charge in [-0.05, 0) is 31.5 Å². The SMILES string of the molecule is NCCCc1cn(-c2ccc(Br)cc2[N+](=O)[O-])nn1. The summed E-state index contributed by atoms with van der Waals surface area (Å²) in [4.78, 5) is 10.6. The predicted molar refractivity (Wildman–Crippen MR) is 73.1 cm³/mol. The monoisotopic (exact) mass is 325 g/mol. The van der Waals surface area contributed by atoms with E-state index in [-0.39, 0.29) is 5.69 Å². The van der Waals surface area contributed by atoms with Crippen LogP contribution in [0.15, 0.2) is 28.9 Å². The molecule has 0 fully saturated rings. The van der Waals surface area contributed by atoms with Gasteiger partial charge in [0.1, 0.15) is 5.69 Å². The zero-order valence-corrected chi connectivity index (χ0v) is 11.6. The van der Waals surface area contributed by atoms with Gasteiger partial charge >= 0.3 is 0 Å². The summed E-state index contributed by atoms with van der Waals surface area (Å²) >= 11 is 3.21. The van der Waals surface area contributed by atoms with E-state index < -0.39 is 4.92 Å². The largest absolute Gasteiger partial charge is 0.330 e. The maximum atomic E-state index is 11.0. The zero-order chi connectivity index (χ0) is 13.8. The Morgan fingerprint density at radius 2 is 2.26 bits per heavy atom. The summed E-state index contributed by atoms with van der Waals surface area (Å²) in [6, 6.07) is 4.80. The van der Waals surface area contributed by atoms with E-state index in [0.717, 1.165) is 12.1 Å². The fourth-order valence-electron chi connectivity index (χ4n) is 1.65. The second kappa shape index (κ2) is 5.89. The molecule has 0 saturated heterocycles. The normalized spacial score (nSPS) is 10.6. The van der Waals surface area contributed by atoms with Crippen molar-refractivity contribution in [3.8, 4) is 5.69 Å². The molecule has 8 heteroatoms. The number of hydrogen-bond acceptors (Lipinski definition) is 5. The molecule has 2 rings (SSSR count). The minimum atomic E-state index is -0.443. The highest BCUT2D eigenvalue weighted by Crippen LogP contribution is 2.26. The molecule has 0 unspecified atom stereocenters. The van der Waals surface area contributed by atoms with E-state index >= 15 is 0 Å². The third-order valence-electron chi connectivity index (χ3n) is 2.56. The van der Waals surface area contributed by atoms with Crippen molar-refractivity contribution in [1.82, 2.24) is 15.0 Å². The first-order valence-electron chi connectivity index (χ1n) is 5.67. The Morgan fingerprint density at radius 3 is 2.95 bits per heavy atom. The van der Waals surface area contributed by atoms with E-state index in [2.05, 4.69) is 26.2 Å². The number of aromatic nitrogens is 3. The van der Waals surface area contributed by atoms with Crippen LogP contribution in [-0.4, -0.2) is 26.5 Å². The van der Waals surface area contributed by atoms with Gasteiger partial charge in [0.15, 0.2) is 0 Å². The molecule has 1 heterocycles. The van der Waals surface area contributed by atoms with Crippen molar-refractivity contribution in [2.75, 3.05) is 6.54 Å². The highest BCUT2D eigenvalue weighted by molar-refractivity contribution is 9.10. The molecular formula is C11H12BrN5O2. The van der Waals surface area contributed by atoms with Gasteiger partial charge in [0.2, 0.25) is 0 Å². The van der Waals surface area contributed by atoms with Crippen LogP contribution in [0.5, 0.6) is 0 Å². The van der Waals surface area contributed by atoms with Crippen LogP contribution < -0.4 is 5.73 Å². The summed E-state index contributed by atoms with van der Waals surface area (Å²) < 4.78 is 2.06. The van der Waals surface area contributed by atoms with Crippen LogP contribution in [0.1, 0.15) is 12.1 Å². The lowest BCUT2D eigenvalue weighted by molar-refractivity contribution is -0.384. The number of benzene rings is 1. The number of nitro groups is 1. The summed E-state index contributed by atoms with van der Waals surface area (Å²) in [5, 5.41) is 18.9. The minimum Gasteiger partial charge on any atom is -0.330 e. The number of aryl methyl sites for hydroxylation is 1. The number of nitrogens with zero attached hydrogens (tertiary/aromatic N) is 4. The van der Waals surface area contributed by atoms with Crippen LogP contribution >= 0.6 is 15.9 Å². The van der Waals surface area contributed by atoms with Gasteiger partial charge in [-0.1, -0.05) is 21.1 Å². The van der Waals surface area contributed by atoms with Gasteiger partial charge in [0.05, 0.1) is 16.8 Å². The topological polar surface area (TPSA) is 99.9 Å². The van der Waals surface area contributed by atoms with Crippen LogP contribution in [-0.2, 0) is 6.42 Å². The van der Waals surface area contributed by atoms with Gasteiger partial charge in [0.25, 0.3) is 5.69 Å². The first kappa shape index (κ1) is 13.6. The first-order valence-corrected chi connectivity index (χ1v) is 6.46. The second-order valence-electron chi connectivity index (χ2n) is 3.94. The maximum Gasteiger partial charge on any atom is 0.296 e. The summed E-state index contributed by atoms with van der Waals surface area (Å²) in [6.45, 7) is 0.575. The molecule has 19 heavy (non-hydrogen) atoms. The fourth-order valence-corrected chi connectivity index (χ4v) is 2.00. The first-order chi connectivity index (χ1) is 9.11. The van der Waals surface area contributed by atoms with Crippen LogP contribution in [0.2, 0.25) is 0 Å². The van der Waals surface area contributed by atoms with Gasteiger partial charge in [-0.15, -0.1) is 5.10 Å². The minimum absolute atomic E-state index is 0.0235. The molecule has 1 aromatic heterocycles. The van der Waals surface area contributed by atoms with E-state index in [1.54, 1.807) is 18.3 Å². The Kier molecular flexibility index (Phi) is 4.23. The van der Waals surface area contributed by atoms with Crippen LogP contribution in [0.4, 0.5) is 5.69 Å². The molecule has 0 radical (unpaired) electrons. The molecular weight excluding hydrogens is 314 g/mol. The van der Waals surface area contributed by atoms with Crippen molar-refractivity contribution >= 4 is 21.6 Å². The van der Waals surface area contributed by atoms with Crippen molar-refractivity contribution in [2.24, 2.45) is 5.73 Å². The Bertz CT molecular complexity index is 599. The molecule has 0 aliphatic carbocycles. The second-order valence-corrected chi connectivity index (χ2v) is 4.85. The number of nitrogens with two attached hydrogens (primary N) is 1. The van der Waals surface area contributed by atoms with E-state index in [0.29, 0.717) is 23.1 Å². The molecule has 0 bridgehead atoms. The van der Waals surface area contributed by atoms with Crippen LogP contribution in [0.3, 0.4) is 0 Å². The summed E-state index contributed by atoms with van der Waals surface area (Å²) in [5.41, 5.74) is 6.56. The highest BCUT2D eigenvalue weighted by atomic mass is 79.9. The van der Waals surface area contributed by atoms with E-state index in [4.69, 9.17) is 5.73 Å². The number of hydrogen-bond donors (Lipinski definition) is 1. The van der Waals surface area contributed by atoms with E-state index in [9.17, 15) is 10.1 Å². The quantitative estimate of drug-likeness (QED) is 0.667. The average Bonchev–Trinajstić information content (AvgIpc) is 2.84.